The van der Waals surface area contributed by atoms with Crippen molar-refractivity contribution in [3.05, 3.63) is 12.2 Å². The van der Waals surface area contributed by atoms with Crippen molar-refractivity contribution in [2.45, 2.75) is 77.2 Å². The van der Waals surface area contributed by atoms with Gasteiger partial charge >= 0.3 is 0 Å². The van der Waals surface area contributed by atoms with Crippen molar-refractivity contribution in [3.8, 4) is 0 Å². The van der Waals surface area contributed by atoms with Crippen LogP contribution in [0.15, 0.2) is 12.2 Å². The molecule has 0 aliphatic carbocycles. The van der Waals surface area contributed by atoms with Crippen LogP contribution in [0.1, 0.15) is 47.0 Å². The van der Waals surface area contributed by atoms with E-state index in [0.717, 1.165) is 12.8 Å². The molecule has 1 heterocycles. The Morgan fingerprint density at radius 3 is 2.61 bits per heavy atom. The largest absolute Gasteiger partial charge is 0.390 e. The minimum atomic E-state index is -0.766. The lowest BCUT2D eigenvalue weighted by Gasteiger charge is -2.39. The SMILES string of the molecule is C/C=C/CCC(C)(C)OC1O[C@@H](C)C(O)C[C@H]1O. The molecule has 0 bridgehead atoms. The van der Waals surface area contributed by atoms with E-state index in [1.54, 1.807) is 6.92 Å². The van der Waals surface area contributed by atoms with E-state index in [2.05, 4.69) is 6.08 Å². The average molecular weight is 258 g/mol. The third kappa shape index (κ3) is 4.69. The molecule has 0 saturated carbocycles. The van der Waals surface area contributed by atoms with E-state index in [9.17, 15) is 10.2 Å². The Kier molecular flexibility index (Phi) is 5.79. The summed E-state index contributed by atoms with van der Waals surface area (Å²) in [5.41, 5.74) is -0.354. The maximum Gasteiger partial charge on any atom is 0.184 e. The highest BCUT2D eigenvalue weighted by atomic mass is 16.7. The molecule has 0 aromatic rings. The molecule has 0 spiro atoms. The average Bonchev–Trinajstić information content (AvgIpc) is 2.26. The zero-order valence-corrected chi connectivity index (χ0v) is 11.8. The lowest BCUT2D eigenvalue weighted by atomic mass is 10.0. The fourth-order valence-corrected chi connectivity index (χ4v) is 2.02. The second-order valence-electron chi connectivity index (χ2n) is 5.57. The lowest BCUT2D eigenvalue weighted by Crippen LogP contribution is -2.49. The van der Waals surface area contributed by atoms with E-state index < -0.39 is 18.5 Å². The van der Waals surface area contributed by atoms with E-state index >= 15 is 0 Å². The Hall–Kier alpha value is -0.420. The molecule has 4 heteroatoms. The van der Waals surface area contributed by atoms with Crippen LogP contribution in [0.5, 0.6) is 0 Å². The Balaban J connectivity index is 2.49. The molecule has 0 radical (unpaired) electrons. The van der Waals surface area contributed by atoms with Gasteiger partial charge in [-0.25, -0.2) is 0 Å². The van der Waals surface area contributed by atoms with Crippen LogP contribution < -0.4 is 0 Å². The molecule has 0 aromatic carbocycles. The number of aliphatic hydroxyl groups excluding tert-OH is 2. The number of ether oxygens (including phenoxy) is 2. The standard InChI is InChI=1S/C14H26O4/c1-5-6-7-8-14(3,4)18-13-12(16)9-11(15)10(2)17-13/h5-6,10-13,15-16H,7-9H2,1-4H3/b6-5+/t10-,11?,12+,13?/m0/s1. The van der Waals surface area contributed by atoms with Gasteiger partial charge in [0, 0.05) is 6.42 Å². The maximum absolute atomic E-state index is 9.87. The van der Waals surface area contributed by atoms with Crippen LogP contribution in [-0.2, 0) is 9.47 Å². The molecular weight excluding hydrogens is 232 g/mol. The Morgan fingerprint density at radius 2 is 2.00 bits per heavy atom. The first-order valence-corrected chi connectivity index (χ1v) is 6.66. The number of aliphatic hydroxyl groups is 2. The van der Waals surface area contributed by atoms with Gasteiger partial charge in [-0.05, 0) is 40.5 Å². The van der Waals surface area contributed by atoms with Crippen LogP contribution in [0.3, 0.4) is 0 Å². The smallest absolute Gasteiger partial charge is 0.184 e. The van der Waals surface area contributed by atoms with Gasteiger partial charge in [-0.3, -0.25) is 0 Å². The zero-order valence-electron chi connectivity index (χ0n) is 11.8. The molecule has 18 heavy (non-hydrogen) atoms. The van der Waals surface area contributed by atoms with Crippen molar-refractivity contribution in [1.82, 2.24) is 0 Å². The van der Waals surface area contributed by atoms with E-state index in [1.807, 2.05) is 26.8 Å². The van der Waals surface area contributed by atoms with Crippen LogP contribution in [0.25, 0.3) is 0 Å². The monoisotopic (exact) mass is 258 g/mol. The first kappa shape index (κ1) is 15.6. The van der Waals surface area contributed by atoms with Crippen LogP contribution >= 0.6 is 0 Å². The van der Waals surface area contributed by atoms with Crippen molar-refractivity contribution >= 4 is 0 Å². The minimum Gasteiger partial charge on any atom is -0.390 e. The summed E-state index contributed by atoms with van der Waals surface area (Å²) in [6.07, 6.45) is 3.87. The van der Waals surface area contributed by atoms with Gasteiger partial charge in [-0.2, -0.15) is 0 Å². The molecule has 106 valence electrons. The van der Waals surface area contributed by atoms with Gasteiger partial charge in [0.2, 0.25) is 0 Å². The highest BCUT2D eigenvalue weighted by Gasteiger charge is 2.37. The predicted octanol–water partition coefficient (Wildman–Crippen LogP) is 1.99. The quantitative estimate of drug-likeness (QED) is 0.740. The van der Waals surface area contributed by atoms with Crippen molar-refractivity contribution in [1.29, 1.82) is 0 Å². The summed E-state index contributed by atoms with van der Waals surface area (Å²) in [5, 5.41) is 19.5. The fraction of sp³-hybridized carbons (Fsp3) is 0.857. The summed E-state index contributed by atoms with van der Waals surface area (Å²) >= 11 is 0. The third-order valence-corrected chi connectivity index (χ3v) is 3.27. The molecule has 2 unspecified atom stereocenters. The van der Waals surface area contributed by atoms with Gasteiger partial charge in [-0.1, -0.05) is 12.2 Å². The molecule has 1 fully saturated rings. The molecule has 4 atom stereocenters. The number of allylic oxidation sites excluding steroid dienone is 2. The number of hydrogen-bond donors (Lipinski definition) is 2. The second-order valence-corrected chi connectivity index (χ2v) is 5.57. The van der Waals surface area contributed by atoms with Crippen LogP contribution in [0.4, 0.5) is 0 Å². The molecule has 1 aliphatic heterocycles. The first-order valence-electron chi connectivity index (χ1n) is 6.66. The summed E-state index contributed by atoms with van der Waals surface area (Å²) < 4.78 is 11.4. The van der Waals surface area contributed by atoms with Crippen LogP contribution in [-0.4, -0.2) is 40.4 Å². The molecule has 1 saturated heterocycles. The van der Waals surface area contributed by atoms with Gasteiger partial charge < -0.3 is 19.7 Å². The second kappa shape index (κ2) is 6.66. The number of hydrogen-bond acceptors (Lipinski definition) is 4. The van der Waals surface area contributed by atoms with E-state index in [1.165, 1.54) is 0 Å². The fourth-order valence-electron chi connectivity index (χ4n) is 2.02. The van der Waals surface area contributed by atoms with Gasteiger partial charge in [0.05, 0.1) is 17.8 Å². The normalized spacial score (nSPS) is 34.1. The Morgan fingerprint density at radius 1 is 1.33 bits per heavy atom. The van der Waals surface area contributed by atoms with E-state index in [0.29, 0.717) is 6.42 Å². The van der Waals surface area contributed by atoms with Gasteiger partial charge in [0.1, 0.15) is 6.10 Å². The Bertz CT molecular complexity index is 275. The summed E-state index contributed by atoms with van der Waals surface area (Å²) in [6, 6.07) is 0. The van der Waals surface area contributed by atoms with Crippen molar-refractivity contribution in [2.24, 2.45) is 0 Å². The molecule has 0 amide bonds. The molecular formula is C14H26O4. The third-order valence-electron chi connectivity index (χ3n) is 3.27. The predicted molar refractivity (Wildman–Crippen MR) is 70.2 cm³/mol. The van der Waals surface area contributed by atoms with Crippen LogP contribution in [0, 0.1) is 0 Å². The lowest BCUT2D eigenvalue weighted by molar-refractivity contribution is -0.291. The van der Waals surface area contributed by atoms with Crippen molar-refractivity contribution < 1.29 is 19.7 Å². The molecule has 0 aromatic heterocycles. The molecule has 1 rings (SSSR count). The van der Waals surface area contributed by atoms with E-state index in [-0.39, 0.29) is 11.7 Å². The van der Waals surface area contributed by atoms with Crippen molar-refractivity contribution in [3.63, 3.8) is 0 Å². The molecule has 2 N–H and O–H groups in total. The zero-order chi connectivity index (χ0) is 13.8. The Labute approximate surface area is 110 Å². The highest BCUT2D eigenvalue weighted by molar-refractivity contribution is 4.84. The first-order chi connectivity index (χ1) is 8.35. The van der Waals surface area contributed by atoms with Crippen molar-refractivity contribution in [2.75, 3.05) is 0 Å². The van der Waals surface area contributed by atoms with Gasteiger partial charge in [-0.15, -0.1) is 0 Å². The van der Waals surface area contributed by atoms with E-state index in [4.69, 9.17) is 9.47 Å². The summed E-state index contributed by atoms with van der Waals surface area (Å²) in [6.45, 7) is 7.76. The molecule has 1 aliphatic rings. The maximum atomic E-state index is 9.87. The minimum absolute atomic E-state index is 0.301. The summed E-state index contributed by atoms with van der Waals surface area (Å²) in [7, 11) is 0. The number of rotatable bonds is 5. The summed E-state index contributed by atoms with van der Waals surface area (Å²) in [4.78, 5) is 0. The van der Waals surface area contributed by atoms with Gasteiger partial charge in [0.15, 0.2) is 6.29 Å². The topological polar surface area (TPSA) is 58.9 Å². The van der Waals surface area contributed by atoms with Crippen LogP contribution in [0.2, 0.25) is 0 Å². The summed E-state index contributed by atoms with van der Waals surface area (Å²) in [5.74, 6) is 0. The van der Waals surface area contributed by atoms with Gasteiger partial charge in [0.25, 0.3) is 0 Å². The molecule has 4 nitrogen and oxygen atoms in total. The highest BCUT2D eigenvalue weighted by Crippen LogP contribution is 2.27.